The Hall–Kier alpha value is -2.19. The molecule has 0 saturated heterocycles. The van der Waals surface area contributed by atoms with E-state index in [2.05, 4.69) is 35.2 Å². The van der Waals surface area contributed by atoms with E-state index in [-0.39, 0.29) is 6.04 Å². The average Bonchev–Trinajstić information content (AvgIpc) is 2.50. The largest absolute Gasteiger partial charge is 0.310 e. The van der Waals surface area contributed by atoms with E-state index in [1.807, 2.05) is 55.6 Å². The molecule has 0 fully saturated rings. The van der Waals surface area contributed by atoms with Gasteiger partial charge in [0.25, 0.3) is 0 Å². The van der Waals surface area contributed by atoms with Crippen LogP contribution in [0.2, 0.25) is 0 Å². The predicted molar refractivity (Wildman–Crippen MR) is 82.2 cm³/mol. The molecule has 96 valence electrons. The van der Waals surface area contributed by atoms with E-state index in [9.17, 15) is 0 Å². The molecule has 0 radical (unpaired) electrons. The van der Waals surface area contributed by atoms with Gasteiger partial charge in [-0.05, 0) is 31.0 Å². The second-order valence-corrected chi connectivity index (χ2v) is 4.25. The van der Waals surface area contributed by atoms with Crippen LogP contribution in [0.3, 0.4) is 0 Å². The Bertz CT molecular complexity index is 544. The average molecular weight is 250 g/mol. The van der Waals surface area contributed by atoms with Crippen molar-refractivity contribution >= 4 is 12.4 Å². The van der Waals surface area contributed by atoms with E-state index in [0.29, 0.717) is 0 Å². The van der Waals surface area contributed by atoms with E-state index in [0.717, 1.165) is 11.3 Å². The molecule has 2 aromatic rings. The van der Waals surface area contributed by atoms with Crippen molar-refractivity contribution < 1.29 is 0 Å². The van der Waals surface area contributed by atoms with Crippen molar-refractivity contribution in [2.75, 3.05) is 7.05 Å². The highest BCUT2D eigenvalue weighted by Gasteiger charge is 2.07. The third-order valence-electron chi connectivity index (χ3n) is 3.03. The van der Waals surface area contributed by atoms with E-state index in [1.165, 1.54) is 5.56 Å². The Balaban J connectivity index is 2.33. The summed E-state index contributed by atoms with van der Waals surface area (Å²) in [6.07, 6.45) is 2.09. The number of nitrogens with one attached hydrogen (secondary N) is 1. The van der Waals surface area contributed by atoms with Gasteiger partial charge in [-0.15, -0.1) is 0 Å². The van der Waals surface area contributed by atoms with Crippen LogP contribution in [0.15, 0.2) is 71.7 Å². The highest BCUT2D eigenvalue weighted by Crippen LogP contribution is 2.21. The van der Waals surface area contributed by atoms with Crippen molar-refractivity contribution in [2.45, 2.75) is 6.04 Å². The molecule has 0 aliphatic heterocycles. The first-order chi connectivity index (χ1) is 9.35. The standard InChI is InChI=1S/C17H18N2/c1-18-16(14-9-5-3-6-10-14)13-17(19-2)15-11-7-4-8-12-15/h3-13,17,19H,1H2,2H3/b16-13-. The lowest BCUT2D eigenvalue weighted by Crippen LogP contribution is -2.14. The zero-order chi connectivity index (χ0) is 13.5. The molecule has 0 aromatic heterocycles. The number of hydrogen-bond acceptors (Lipinski definition) is 2. The summed E-state index contributed by atoms with van der Waals surface area (Å²) in [5.74, 6) is 0. The molecule has 2 aromatic carbocycles. The van der Waals surface area contributed by atoms with Crippen LogP contribution in [0, 0.1) is 0 Å². The molecule has 0 saturated carbocycles. The van der Waals surface area contributed by atoms with Gasteiger partial charge in [-0.25, -0.2) is 0 Å². The fourth-order valence-electron chi connectivity index (χ4n) is 2.01. The molecule has 2 nitrogen and oxygen atoms in total. The molecule has 0 spiro atoms. The number of hydrogen-bond donors (Lipinski definition) is 1. The minimum absolute atomic E-state index is 0.127. The van der Waals surface area contributed by atoms with Crippen LogP contribution in [-0.4, -0.2) is 13.8 Å². The van der Waals surface area contributed by atoms with E-state index < -0.39 is 0 Å². The van der Waals surface area contributed by atoms with Crippen LogP contribution in [0.1, 0.15) is 17.2 Å². The first-order valence-electron chi connectivity index (χ1n) is 6.31. The topological polar surface area (TPSA) is 24.4 Å². The summed E-state index contributed by atoms with van der Waals surface area (Å²) < 4.78 is 0. The molecular weight excluding hydrogens is 232 g/mol. The van der Waals surface area contributed by atoms with E-state index >= 15 is 0 Å². The Morgan fingerprint density at radius 2 is 1.63 bits per heavy atom. The molecule has 0 aliphatic rings. The smallest absolute Gasteiger partial charge is 0.0673 e. The van der Waals surface area contributed by atoms with Gasteiger partial charge < -0.3 is 5.32 Å². The molecule has 2 rings (SSSR count). The third-order valence-corrected chi connectivity index (χ3v) is 3.03. The molecule has 1 N–H and O–H groups in total. The highest BCUT2D eigenvalue weighted by atomic mass is 14.9. The minimum Gasteiger partial charge on any atom is -0.310 e. The van der Waals surface area contributed by atoms with Crippen molar-refractivity contribution in [3.63, 3.8) is 0 Å². The molecule has 0 bridgehead atoms. The summed E-state index contributed by atoms with van der Waals surface area (Å²) >= 11 is 0. The summed E-state index contributed by atoms with van der Waals surface area (Å²) in [7, 11) is 1.94. The van der Waals surface area contributed by atoms with Gasteiger partial charge in [-0.1, -0.05) is 60.7 Å². The van der Waals surface area contributed by atoms with Crippen molar-refractivity contribution in [3.05, 3.63) is 77.9 Å². The van der Waals surface area contributed by atoms with Crippen LogP contribution in [0.4, 0.5) is 0 Å². The van der Waals surface area contributed by atoms with Crippen molar-refractivity contribution in [1.29, 1.82) is 0 Å². The van der Waals surface area contributed by atoms with E-state index in [4.69, 9.17) is 0 Å². The Kier molecular flexibility index (Phi) is 4.65. The molecule has 2 heteroatoms. The third kappa shape index (κ3) is 3.39. The zero-order valence-electron chi connectivity index (χ0n) is 11.1. The van der Waals surface area contributed by atoms with Crippen LogP contribution < -0.4 is 5.32 Å². The quantitative estimate of drug-likeness (QED) is 0.804. The fraction of sp³-hybridized carbons (Fsp3) is 0.118. The van der Waals surface area contributed by atoms with Gasteiger partial charge in [-0.2, -0.15) is 0 Å². The Morgan fingerprint density at radius 3 is 2.16 bits per heavy atom. The van der Waals surface area contributed by atoms with Crippen LogP contribution in [-0.2, 0) is 0 Å². The van der Waals surface area contributed by atoms with Crippen molar-refractivity contribution in [1.82, 2.24) is 5.32 Å². The van der Waals surface area contributed by atoms with Gasteiger partial charge in [0.1, 0.15) is 0 Å². The summed E-state index contributed by atoms with van der Waals surface area (Å²) in [5, 5.41) is 3.29. The number of aliphatic imine (C=N–C) groups is 1. The van der Waals surface area contributed by atoms with Gasteiger partial charge >= 0.3 is 0 Å². The van der Waals surface area contributed by atoms with Crippen molar-refractivity contribution in [2.24, 2.45) is 4.99 Å². The second-order valence-electron chi connectivity index (χ2n) is 4.25. The first kappa shape index (κ1) is 13.2. The van der Waals surface area contributed by atoms with Crippen molar-refractivity contribution in [3.8, 4) is 0 Å². The summed E-state index contributed by atoms with van der Waals surface area (Å²) in [4.78, 5) is 4.14. The summed E-state index contributed by atoms with van der Waals surface area (Å²) in [5.41, 5.74) is 3.18. The lowest BCUT2D eigenvalue weighted by molar-refractivity contribution is 0.715. The fourth-order valence-corrected chi connectivity index (χ4v) is 2.01. The first-order valence-corrected chi connectivity index (χ1v) is 6.31. The highest BCUT2D eigenvalue weighted by molar-refractivity contribution is 5.68. The lowest BCUT2D eigenvalue weighted by Gasteiger charge is -2.13. The maximum Gasteiger partial charge on any atom is 0.0673 e. The van der Waals surface area contributed by atoms with E-state index in [1.54, 1.807) is 0 Å². The van der Waals surface area contributed by atoms with Crippen LogP contribution >= 0.6 is 0 Å². The maximum atomic E-state index is 4.14. The number of benzene rings is 2. The predicted octanol–water partition coefficient (Wildman–Crippen LogP) is 3.69. The Labute approximate surface area is 114 Å². The second kappa shape index (κ2) is 6.66. The minimum atomic E-state index is 0.127. The van der Waals surface area contributed by atoms with Gasteiger partial charge in [0.2, 0.25) is 0 Å². The summed E-state index contributed by atoms with van der Waals surface area (Å²) in [6, 6.07) is 20.5. The van der Waals surface area contributed by atoms with Gasteiger partial charge in [0.15, 0.2) is 0 Å². The van der Waals surface area contributed by atoms with Gasteiger partial charge in [0.05, 0.1) is 11.7 Å². The molecule has 0 heterocycles. The number of rotatable bonds is 5. The SMILES string of the molecule is C=N/C(=C\C(NC)c1ccccc1)c1ccccc1. The summed E-state index contributed by atoms with van der Waals surface area (Å²) in [6.45, 7) is 3.67. The molecular formula is C17H18N2. The molecule has 0 amide bonds. The normalized spacial score (nSPS) is 13.0. The molecule has 0 aliphatic carbocycles. The molecule has 1 atom stereocenters. The zero-order valence-corrected chi connectivity index (χ0v) is 11.1. The molecule has 19 heavy (non-hydrogen) atoms. The maximum absolute atomic E-state index is 4.14. The monoisotopic (exact) mass is 250 g/mol. The molecule has 1 unspecified atom stereocenters. The van der Waals surface area contributed by atoms with Gasteiger partial charge in [0, 0.05) is 0 Å². The lowest BCUT2D eigenvalue weighted by atomic mass is 10.0. The number of nitrogens with zero attached hydrogens (tertiary/aromatic N) is 1. The van der Waals surface area contributed by atoms with Gasteiger partial charge in [-0.3, -0.25) is 4.99 Å². The van der Waals surface area contributed by atoms with Crippen LogP contribution in [0.5, 0.6) is 0 Å². The Morgan fingerprint density at radius 1 is 1.05 bits per heavy atom. The number of likely N-dealkylation sites (N-methyl/N-ethyl adjacent to an activating group) is 1. The van der Waals surface area contributed by atoms with Crippen LogP contribution in [0.25, 0.3) is 5.70 Å².